The number of nitrogens with zero attached hydrogens (tertiary/aromatic N) is 3. The number of carbonyl (C=O) groups excluding carboxylic acids is 2. The second-order valence-corrected chi connectivity index (χ2v) is 4.97. The molecular formula is C13H19N5O2. The molecule has 0 spiro atoms. The average Bonchev–Trinajstić information content (AvgIpc) is 2.84. The third kappa shape index (κ3) is 3.43. The van der Waals surface area contributed by atoms with Gasteiger partial charge < -0.3 is 15.5 Å². The number of hydrogen-bond donors (Lipinski definition) is 2. The lowest BCUT2D eigenvalue weighted by molar-refractivity contribution is 0.0944. The zero-order valence-electron chi connectivity index (χ0n) is 11.7. The van der Waals surface area contributed by atoms with Crippen molar-refractivity contribution < 1.29 is 9.59 Å². The molecule has 20 heavy (non-hydrogen) atoms. The van der Waals surface area contributed by atoms with Crippen LogP contribution in [0.5, 0.6) is 0 Å². The van der Waals surface area contributed by atoms with Crippen LogP contribution < -0.4 is 10.6 Å². The van der Waals surface area contributed by atoms with Crippen LogP contribution in [0.4, 0.5) is 4.79 Å². The van der Waals surface area contributed by atoms with Crippen LogP contribution >= 0.6 is 0 Å². The summed E-state index contributed by atoms with van der Waals surface area (Å²) >= 11 is 0. The van der Waals surface area contributed by atoms with Gasteiger partial charge in [0.25, 0.3) is 5.91 Å². The molecule has 1 aliphatic heterocycles. The molecule has 1 fully saturated rings. The summed E-state index contributed by atoms with van der Waals surface area (Å²) in [6.45, 7) is 6.27. The Morgan fingerprint density at radius 3 is 2.80 bits per heavy atom. The average molecular weight is 277 g/mol. The molecular weight excluding hydrogens is 258 g/mol. The number of nitrogens with one attached hydrogen (secondary N) is 2. The summed E-state index contributed by atoms with van der Waals surface area (Å²) in [6, 6.07) is 3.39. The molecule has 0 radical (unpaired) electrons. The Balaban J connectivity index is 1.81. The molecule has 0 bridgehead atoms. The highest BCUT2D eigenvalue weighted by Crippen LogP contribution is 2.09. The van der Waals surface area contributed by atoms with E-state index < -0.39 is 0 Å². The molecule has 1 aliphatic rings. The molecule has 0 aromatic carbocycles. The van der Waals surface area contributed by atoms with Crippen molar-refractivity contribution in [2.45, 2.75) is 19.8 Å². The minimum atomic E-state index is -0.271. The lowest BCUT2D eigenvalue weighted by Gasteiger charge is -2.14. The predicted molar refractivity (Wildman–Crippen MR) is 73.4 cm³/mol. The summed E-state index contributed by atoms with van der Waals surface area (Å²) in [5, 5.41) is 13.4. The van der Waals surface area contributed by atoms with E-state index in [0.717, 1.165) is 5.69 Å². The zero-order chi connectivity index (χ0) is 14.5. The Kier molecular flexibility index (Phi) is 4.49. The van der Waals surface area contributed by atoms with E-state index in [9.17, 15) is 9.59 Å². The molecule has 3 amide bonds. The predicted octanol–water partition coefficient (Wildman–Crippen LogP) is 0.355. The van der Waals surface area contributed by atoms with E-state index in [1.807, 2.05) is 13.8 Å². The van der Waals surface area contributed by atoms with Crippen LogP contribution in [0.3, 0.4) is 0 Å². The zero-order valence-corrected chi connectivity index (χ0v) is 11.7. The van der Waals surface area contributed by atoms with E-state index in [1.54, 1.807) is 17.0 Å². The van der Waals surface area contributed by atoms with Gasteiger partial charge in [-0.05, 0) is 18.1 Å². The van der Waals surface area contributed by atoms with Crippen molar-refractivity contribution in [3.63, 3.8) is 0 Å². The van der Waals surface area contributed by atoms with Crippen LogP contribution in [0.25, 0.3) is 0 Å². The SMILES string of the molecule is CC(C)c1ccc(C(=O)NCCN2CCNC2=O)nn1. The van der Waals surface area contributed by atoms with Crippen molar-refractivity contribution in [3.8, 4) is 0 Å². The summed E-state index contributed by atoms with van der Waals surface area (Å²) in [5.41, 5.74) is 1.15. The monoisotopic (exact) mass is 277 g/mol. The number of aromatic nitrogens is 2. The van der Waals surface area contributed by atoms with E-state index in [-0.39, 0.29) is 17.9 Å². The Morgan fingerprint density at radius 2 is 2.25 bits per heavy atom. The fourth-order valence-electron chi connectivity index (χ4n) is 1.89. The minimum Gasteiger partial charge on any atom is -0.349 e. The van der Waals surface area contributed by atoms with Crippen molar-refractivity contribution in [1.29, 1.82) is 0 Å². The van der Waals surface area contributed by atoms with Gasteiger partial charge in [-0.1, -0.05) is 13.8 Å². The molecule has 0 aliphatic carbocycles. The number of carbonyl (C=O) groups is 2. The fraction of sp³-hybridized carbons (Fsp3) is 0.538. The lowest BCUT2D eigenvalue weighted by atomic mass is 10.1. The highest BCUT2D eigenvalue weighted by molar-refractivity contribution is 5.92. The van der Waals surface area contributed by atoms with Crippen LogP contribution in [0, 0.1) is 0 Å². The minimum absolute atomic E-state index is 0.0830. The van der Waals surface area contributed by atoms with Crippen LogP contribution in [0.15, 0.2) is 12.1 Å². The van der Waals surface area contributed by atoms with Crippen molar-refractivity contribution >= 4 is 11.9 Å². The number of amides is 3. The Labute approximate surface area is 117 Å². The molecule has 7 nitrogen and oxygen atoms in total. The maximum Gasteiger partial charge on any atom is 0.317 e. The van der Waals surface area contributed by atoms with E-state index >= 15 is 0 Å². The normalized spacial score (nSPS) is 14.6. The van der Waals surface area contributed by atoms with Crippen LogP contribution in [-0.4, -0.2) is 53.2 Å². The second-order valence-electron chi connectivity index (χ2n) is 4.97. The molecule has 2 rings (SSSR count). The van der Waals surface area contributed by atoms with Crippen molar-refractivity contribution in [2.75, 3.05) is 26.2 Å². The fourth-order valence-corrected chi connectivity index (χ4v) is 1.89. The maximum atomic E-state index is 11.8. The molecule has 1 aromatic heterocycles. The van der Waals surface area contributed by atoms with E-state index in [4.69, 9.17) is 0 Å². The Hall–Kier alpha value is -2.18. The highest BCUT2D eigenvalue weighted by Gasteiger charge is 2.19. The van der Waals surface area contributed by atoms with Crippen LogP contribution in [0.1, 0.15) is 35.9 Å². The summed E-state index contributed by atoms with van der Waals surface area (Å²) in [5.74, 6) is 0.0145. The molecule has 108 valence electrons. The third-order valence-electron chi connectivity index (χ3n) is 3.12. The van der Waals surface area contributed by atoms with Crippen molar-refractivity contribution in [1.82, 2.24) is 25.7 Å². The Morgan fingerprint density at radius 1 is 1.45 bits per heavy atom. The summed E-state index contributed by atoms with van der Waals surface area (Å²) in [4.78, 5) is 24.8. The van der Waals surface area contributed by atoms with Gasteiger partial charge in [0.2, 0.25) is 0 Å². The highest BCUT2D eigenvalue weighted by atomic mass is 16.2. The molecule has 0 atom stereocenters. The van der Waals surface area contributed by atoms with Crippen molar-refractivity contribution in [2.24, 2.45) is 0 Å². The second kappa shape index (κ2) is 6.31. The first-order valence-electron chi connectivity index (χ1n) is 6.72. The van der Waals surface area contributed by atoms with Gasteiger partial charge in [-0.25, -0.2) is 4.79 Å². The topological polar surface area (TPSA) is 87.2 Å². The van der Waals surface area contributed by atoms with Gasteiger partial charge in [0, 0.05) is 26.2 Å². The van der Waals surface area contributed by atoms with Gasteiger partial charge in [-0.15, -0.1) is 5.10 Å². The van der Waals surface area contributed by atoms with Crippen molar-refractivity contribution in [3.05, 3.63) is 23.5 Å². The first kappa shape index (κ1) is 14.2. The smallest absolute Gasteiger partial charge is 0.317 e. The van der Waals surface area contributed by atoms with E-state index in [2.05, 4.69) is 20.8 Å². The largest absolute Gasteiger partial charge is 0.349 e. The van der Waals surface area contributed by atoms with Gasteiger partial charge >= 0.3 is 6.03 Å². The Bertz CT molecular complexity index is 486. The molecule has 1 saturated heterocycles. The van der Waals surface area contributed by atoms with Gasteiger partial charge in [0.15, 0.2) is 5.69 Å². The molecule has 2 heterocycles. The van der Waals surface area contributed by atoms with Gasteiger partial charge in [0.05, 0.1) is 5.69 Å². The maximum absolute atomic E-state index is 11.8. The van der Waals surface area contributed by atoms with Crippen LogP contribution in [0.2, 0.25) is 0 Å². The summed E-state index contributed by atoms with van der Waals surface area (Å²) in [6.07, 6.45) is 0. The van der Waals surface area contributed by atoms with E-state index in [1.165, 1.54) is 0 Å². The quantitative estimate of drug-likeness (QED) is 0.813. The molecule has 2 N–H and O–H groups in total. The summed E-state index contributed by atoms with van der Waals surface area (Å²) < 4.78 is 0. The summed E-state index contributed by atoms with van der Waals surface area (Å²) in [7, 11) is 0. The molecule has 1 aromatic rings. The first-order chi connectivity index (χ1) is 9.58. The number of hydrogen-bond acceptors (Lipinski definition) is 4. The van der Waals surface area contributed by atoms with Gasteiger partial charge in [-0.3, -0.25) is 4.79 Å². The third-order valence-corrected chi connectivity index (χ3v) is 3.12. The molecule has 0 unspecified atom stereocenters. The van der Waals surface area contributed by atoms with Crippen LogP contribution in [-0.2, 0) is 0 Å². The standard InChI is InChI=1S/C13H19N5O2/c1-9(2)10-3-4-11(17-16-10)12(19)14-5-7-18-8-6-15-13(18)20/h3-4,9H,5-8H2,1-2H3,(H,14,19)(H,15,20). The first-order valence-corrected chi connectivity index (χ1v) is 6.72. The van der Waals surface area contributed by atoms with Gasteiger partial charge in [-0.2, -0.15) is 5.10 Å². The number of urea groups is 1. The molecule has 0 saturated carbocycles. The molecule has 7 heteroatoms. The van der Waals surface area contributed by atoms with E-state index in [0.29, 0.717) is 31.9 Å². The lowest BCUT2D eigenvalue weighted by Crippen LogP contribution is -2.37. The number of rotatable bonds is 5. The van der Waals surface area contributed by atoms with Gasteiger partial charge in [0.1, 0.15) is 0 Å².